The van der Waals surface area contributed by atoms with Gasteiger partial charge in [-0.05, 0) is 58.5 Å². The van der Waals surface area contributed by atoms with Gasteiger partial charge in [-0.1, -0.05) is 6.92 Å². The van der Waals surface area contributed by atoms with Crippen molar-refractivity contribution >= 4 is 28.3 Å². The van der Waals surface area contributed by atoms with Crippen LogP contribution >= 0.6 is 22.6 Å². The molecule has 1 saturated carbocycles. The van der Waals surface area contributed by atoms with E-state index in [0.29, 0.717) is 5.69 Å². The van der Waals surface area contributed by atoms with Gasteiger partial charge in [-0.2, -0.15) is 0 Å². The second kappa shape index (κ2) is 4.47. The zero-order valence-corrected chi connectivity index (χ0v) is 12.1. The van der Waals surface area contributed by atoms with Crippen molar-refractivity contribution in [1.82, 2.24) is 0 Å². The van der Waals surface area contributed by atoms with Crippen molar-refractivity contribution in [2.75, 3.05) is 12.4 Å². The fourth-order valence-corrected chi connectivity index (χ4v) is 2.57. The average Bonchev–Trinajstić information content (AvgIpc) is 2.94. The molecular formula is C12H13F3INO. The lowest BCUT2D eigenvalue weighted by Gasteiger charge is -2.20. The number of hydrogen-bond donors (Lipinski definition) is 1. The summed E-state index contributed by atoms with van der Waals surface area (Å²) >= 11 is 2.01. The topological polar surface area (TPSA) is 21.3 Å². The monoisotopic (exact) mass is 371 g/mol. The van der Waals surface area contributed by atoms with Crippen molar-refractivity contribution < 1.29 is 17.9 Å². The molecule has 100 valence electrons. The van der Waals surface area contributed by atoms with Crippen molar-refractivity contribution in [2.45, 2.75) is 31.5 Å². The maximum absolute atomic E-state index is 12.4. The number of alkyl halides is 3. The molecule has 1 aliphatic rings. The first-order chi connectivity index (χ1) is 8.25. The number of ether oxygens (including phenoxy) is 1. The summed E-state index contributed by atoms with van der Waals surface area (Å²) in [5.41, 5.74) is 1.31. The van der Waals surface area contributed by atoms with Gasteiger partial charge in [-0.15, -0.1) is 13.2 Å². The molecule has 0 bridgehead atoms. The van der Waals surface area contributed by atoms with Crippen LogP contribution in [0.4, 0.5) is 18.9 Å². The fourth-order valence-electron chi connectivity index (χ4n) is 1.98. The zero-order chi connectivity index (χ0) is 13.6. The van der Waals surface area contributed by atoms with Crippen LogP contribution in [0.1, 0.15) is 25.3 Å². The number of rotatable bonds is 3. The second-order valence-electron chi connectivity index (χ2n) is 4.68. The summed E-state index contributed by atoms with van der Waals surface area (Å²) in [7, 11) is 1.61. The third kappa shape index (κ3) is 2.84. The van der Waals surface area contributed by atoms with E-state index in [4.69, 9.17) is 0 Å². The predicted molar refractivity (Wildman–Crippen MR) is 72.0 cm³/mol. The van der Waals surface area contributed by atoms with Gasteiger partial charge in [-0.3, -0.25) is 0 Å². The third-order valence-electron chi connectivity index (χ3n) is 3.19. The Morgan fingerprint density at radius 1 is 1.33 bits per heavy atom. The Kier molecular flexibility index (Phi) is 3.42. The Hall–Kier alpha value is -0.660. The third-order valence-corrected chi connectivity index (χ3v) is 3.82. The van der Waals surface area contributed by atoms with Crippen molar-refractivity contribution in [1.29, 1.82) is 0 Å². The van der Waals surface area contributed by atoms with Gasteiger partial charge in [0.25, 0.3) is 0 Å². The molecule has 2 rings (SSSR count). The van der Waals surface area contributed by atoms with Crippen LogP contribution in [-0.2, 0) is 5.41 Å². The highest BCUT2D eigenvalue weighted by Gasteiger charge is 2.42. The molecule has 6 heteroatoms. The van der Waals surface area contributed by atoms with E-state index in [2.05, 4.69) is 17.0 Å². The summed E-state index contributed by atoms with van der Waals surface area (Å²) in [5, 5.41) is 2.83. The van der Waals surface area contributed by atoms with Crippen LogP contribution in [0.25, 0.3) is 0 Å². The summed E-state index contributed by atoms with van der Waals surface area (Å²) < 4.78 is 42.0. The second-order valence-corrected chi connectivity index (χ2v) is 5.93. The Bertz CT molecular complexity index is 469. The average molecular weight is 371 g/mol. The van der Waals surface area contributed by atoms with Crippen molar-refractivity contribution in [2.24, 2.45) is 0 Å². The Morgan fingerprint density at radius 2 is 1.94 bits per heavy atom. The molecule has 0 amide bonds. The molecule has 0 heterocycles. The number of benzene rings is 1. The molecule has 18 heavy (non-hydrogen) atoms. The number of nitrogens with one attached hydrogen (secondary N) is 1. The van der Waals surface area contributed by atoms with Crippen molar-refractivity contribution in [3.8, 4) is 5.75 Å². The number of hydrogen-bond acceptors (Lipinski definition) is 2. The van der Waals surface area contributed by atoms with Gasteiger partial charge in [0.05, 0.1) is 5.69 Å². The molecule has 1 N–H and O–H groups in total. The minimum absolute atomic E-state index is 0.0246. The molecule has 0 spiro atoms. The SMILES string of the molecule is CNc1c(OC(F)(F)F)cc(I)cc1C1(C)CC1. The Morgan fingerprint density at radius 3 is 2.39 bits per heavy atom. The molecule has 0 unspecified atom stereocenters. The van der Waals surface area contributed by atoms with Crippen LogP contribution in [0.15, 0.2) is 12.1 Å². The summed E-state index contributed by atoms with van der Waals surface area (Å²) in [5.74, 6) is -0.153. The standard InChI is InChI=1S/C12H13F3INO/c1-11(3-4-11)8-5-7(16)6-9(10(8)17-2)18-12(13,14)15/h5-6,17H,3-4H2,1-2H3. The zero-order valence-electron chi connectivity index (χ0n) is 9.99. The van der Waals surface area contributed by atoms with E-state index < -0.39 is 6.36 Å². The van der Waals surface area contributed by atoms with E-state index in [1.54, 1.807) is 7.05 Å². The van der Waals surface area contributed by atoms with Crippen LogP contribution in [-0.4, -0.2) is 13.4 Å². The van der Waals surface area contributed by atoms with Gasteiger partial charge in [0, 0.05) is 10.6 Å². The molecule has 0 aromatic heterocycles. The van der Waals surface area contributed by atoms with E-state index in [1.165, 1.54) is 6.07 Å². The van der Waals surface area contributed by atoms with Crippen LogP contribution in [0.5, 0.6) is 5.75 Å². The van der Waals surface area contributed by atoms with E-state index in [-0.39, 0.29) is 11.2 Å². The summed E-state index contributed by atoms with van der Waals surface area (Å²) in [6, 6.07) is 3.32. The minimum Gasteiger partial charge on any atom is -0.404 e. The molecule has 1 fully saturated rings. The fraction of sp³-hybridized carbons (Fsp3) is 0.500. The van der Waals surface area contributed by atoms with Crippen LogP contribution < -0.4 is 10.1 Å². The molecule has 1 aliphatic carbocycles. The molecule has 0 atom stereocenters. The number of anilines is 1. The highest BCUT2D eigenvalue weighted by molar-refractivity contribution is 14.1. The van der Waals surface area contributed by atoms with Gasteiger partial charge in [0.15, 0.2) is 5.75 Å². The number of halogens is 4. The smallest absolute Gasteiger partial charge is 0.404 e. The lowest BCUT2D eigenvalue weighted by molar-refractivity contribution is -0.274. The van der Waals surface area contributed by atoms with Crippen LogP contribution in [0.3, 0.4) is 0 Å². The molecule has 0 saturated heterocycles. The quantitative estimate of drug-likeness (QED) is 0.801. The maximum atomic E-state index is 12.4. The first-order valence-electron chi connectivity index (χ1n) is 5.53. The maximum Gasteiger partial charge on any atom is 0.573 e. The molecule has 1 aromatic carbocycles. The Labute approximate surface area is 117 Å². The van der Waals surface area contributed by atoms with Crippen LogP contribution in [0.2, 0.25) is 0 Å². The molecule has 1 aromatic rings. The molecular weight excluding hydrogens is 358 g/mol. The predicted octanol–water partition coefficient (Wildman–Crippen LogP) is 4.28. The first kappa shape index (κ1) is 13.8. The summed E-state index contributed by atoms with van der Waals surface area (Å²) in [4.78, 5) is 0. The van der Waals surface area contributed by atoms with Gasteiger partial charge >= 0.3 is 6.36 Å². The van der Waals surface area contributed by atoms with Gasteiger partial charge < -0.3 is 10.1 Å². The van der Waals surface area contributed by atoms with E-state index in [9.17, 15) is 13.2 Å². The highest BCUT2D eigenvalue weighted by atomic mass is 127. The van der Waals surface area contributed by atoms with Crippen LogP contribution in [0, 0.1) is 3.57 Å². The van der Waals surface area contributed by atoms with E-state index >= 15 is 0 Å². The largest absolute Gasteiger partial charge is 0.573 e. The lowest BCUT2D eigenvalue weighted by atomic mass is 9.96. The Balaban J connectivity index is 2.48. The molecule has 2 nitrogen and oxygen atoms in total. The van der Waals surface area contributed by atoms with Gasteiger partial charge in [0.1, 0.15) is 0 Å². The highest BCUT2D eigenvalue weighted by Crippen LogP contribution is 2.52. The van der Waals surface area contributed by atoms with E-state index in [0.717, 1.165) is 22.0 Å². The first-order valence-corrected chi connectivity index (χ1v) is 6.60. The van der Waals surface area contributed by atoms with Gasteiger partial charge in [0.2, 0.25) is 0 Å². The lowest BCUT2D eigenvalue weighted by Crippen LogP contribution is -2.19. The summed E-state index contributed by atoms with van der Waals surface area (Å²) in [6.07, 6.45) is -2.68. The van der Waals surface area contributed by atoms with E-state index in [1.807, 2.05) is 28.7 Å². The molecule has 0 radical (unpaired) electrons. The van der Waals surface area contributed by atoms with Crippen molar-refractivity contribution in [3.05, 3.63) is 21.3 Å². The molecule has 0 aliphatic heterocycles. The normalized spacial score (nSPS) is 17.4. The minimum atomic E-state index is -4.67. The summed E-state index contributed by atoms with van der Waals surface area (Å²) in [6.45, 7) is 2.05. The van der Waals surface area contributed by atoms with Gasteiger partial charge in [-0.25, -0.2) is 0 Å². The van der Waals surface area contributed by atoms with Crippen molar-refractivity contribution in [3.63, 3.8) is 0 Å².